The number of halogens is 1. The van der Waals surface area contributed by atoms with Crippen LogP contribution in [0.3, 0.4) is 0 Å². The highest BCUT2D eigenvalue weighted by atomic mass is 79.9. The normalized spacial score (nSPS) is 12.5. The Morgan fingerprint density at radius 1 is 1.64 bits per heavy atom. The summed E-state index contributed by atoms with van der Waals surface area (Å²) >= 11 is 5.26. The molecule has 0 aliphatic rings. The molecule has 0 fully saturated rings. The molecule has 0 aliphatic heterocycles. The van der Waals surface area contributed by atoms with E-state index in [1.165, 1.54) is 17.9 Å². The van der Waals surface area contributed by atoms with E-state index in [1.54, 1.807) is 0 Å². The Bertz CT molecular complexity index is 122. The van der Waals surface area contributed by atoms with Crippen LogP contribution < -0.4 is 0 Å². The molecule has 0 aromatic rings. The first-order valence-corrected chi connectivity index (χ1v) is 6.16. The van der Waals surface area contributed by atoms with Gasteiger partial charge in [0.15, 0.2) is 0 Å². The van der Waals surface area contributed by atoms with Crippen LogP contribution >= 0.6 is 27.7 Å². The number of thioether (sulfide) groups is 1. The number of hydrogen-bond donors (Lipinski definition) is 0. The molecule has 0 radical (unpaired) electrons. The van der Waals surface area contributed by atoms with Gasteiger partial charge >= 0.3 is 0 Å². The second-order valence-corrected chi connectivity index (χ2v) is 4.36. The Labute approximate surface area is 81.7 Å². The predicted octanol–water partition coefficient (Wildman–Crippen LogP) is 3.05. The number of nitrogens with zero attached hydrogens (tertiary/aromatic N) is 1. The van der Waals surface area contributed by atoms with Crippen molar-refractivity contribution >= 4 is 27.7 Å². The topological polar surface area (TPSA) is 23.8 Å². The van der Waals surface area contributed by atoms with Crippen molar-refractivity contribution in [2.45, 2.75) is 19.8 Å². The second kappa shape index (κ2) is 8.42. The minimum atomic E-state index is 0.215. The molecule has 3 heteroatoms. The van der Waals surface area contributed by atoms with Gasteiger partial charge in [0.25, 0.3) is 0 Å². The Hall–Kier alpha value is 0.320. The van der Waals surface area contributed by atoms with E-state index >= 15 is 0 Å². The maximum atomic E-state index is 8.60. The van der Waals surface area contributed by atoms with Gasteiger partial charge in [0.1, 0.15) is 0 Å². The van der Waals surface area contributed by atoms with Crippen molar-refractivity contribution in [1.29, 1.82) is 5.26 Å². The van der Waals surface area contributed by atoms with Crippen LogP contribution in [0.25, 0.3) is 0 Å². The highest BCUT2D eigenvalue weighted by Gasteiger charge is 2.03. The molecular weight excluding hydrogens is 222 g/mol. The zero-order valence-corrected chi connectivity index (χ0v) is 9.25. The number of alkyl halides is 1. The highest BCUT2D eigenvalue weighted by molar-refractivity contribution is 9.09. The third-order valence-electron chi connectivity index (χ3n) is 1.41. The van der Waals surface area contributed by atoms with Crippen LogP contribution in [0.4, 0.5) is 0 Å². The zero-order valence-electron chi connectivity index (χ0n) is 6.85. The lowest BCUT2D eigenvalue weighted by Crippen LogP contribution is -1.98. The van der Waals surface area contributed by atoms with Gasteiger partial charge in [-0.15, -0.1) is 0 Å². The van der Waals surface area contributed by atoms with E-state index in [4.69, 9.17) is 5.26 Å². The SMILES string of the molecule is CCSCCCC(C#N)CBr. The molecular formula is C8H14BrNS. The molecule has 0 saturated heterocycles. The standard InChI is InChI=1S/C8H14BrNS/c1-2-11-5-3-4-8(6-9)7-10/h8H,2-6H2,1H3. The van der Waals surface area contributed by atoms with E-state index in [0.29, 0.717) is 0 Å². The fourth-order valence-corrected chi connectivity index (χ4v) is 1.88. The average Bonchev–Trinajstić information content (AvgIpc) is 2.05. The van der Waals surface area contributed by atoms with Crippen molar-refractivity contribution in [3.63, 3.8) is 0 Å². The molecule has 1 nitrogen and oxygen atoms in total. The Kier molecular flexibility index (Phi) is 8.66. The molecule has 11 heavy (non-hydrogen) atoms. The largest absolute Gasteiger partial charge is 0.198 e. The highest BCUT2D eigenvalue weighted by Crippen LogP contribution is 2.11. The molecule has 0 rings (SSSR count). The smallest absolute Gasteiger partial charge is 0.0664 e. The van der Waals surface area contributed by atoms with Gasteiger partial charge in [-0.2, -0.15) is 17.0 Å². The van der Waals surface area contributed by atoms with E-state index in [0.717, 1.165) is 11.8 Å². The minimum Gasteiger partial charge on any atom is -0.198 e. The maximum Gasteiger partial charge on any atom is 0.0664 e. The predicted molar refractivity (Wildman–Crippen MR) is 55.1 cm³/mol. The van der Waals surface area contributed by atoms with Crippen LogP contribution in [0.5, 0.6) is 0 Å². The van der Waals surface area contributed by atoms with Crippen molar-refractivity contribution in [3.05, 3.63) is 0 Å². The third kappa shape index (κ3) is 6.71. The number of nitriles is 1. The number of rotatable bonds is 6. The summed E-state index contributed by atoms with van der Waals surface area (Å²) in [4.78, 5) is 0. The second-order valence-electron chi connectivity index (χ2n) is 2.32. The van der Waals surface area contributed by atoms with E-state index in [9.17, 15) is 0 Å². The monoisotopic (exact) mass is 235 g/mol. The van der Waals surface area contributed by atoms with Crippen molar-refractivity contribution in [2.24, 2.45) is 5.92 Å². The lowest BCUT2D eigenvalue weighted by atomic mass is 10.1. The van der Waals surface area contributed by atoms with Gasteiger partial charge in [0.05, 0.1) is 12.0 Å². The molecule has 0 spiro atoms. The lowest BCUT2D eigenvalue weighted by molar-refractivity contribution is 0.662. The van der Waals surface area contributed by atoms with Crippen molar-refractivity contribution in [3.8, 4) is 6.07 Å². The van der Waals surface area contributed by atoms with Gasteiger partial charge in [0.2, 0.25) is 0 Å². The molecule has 0 heterocycles. The van der Waals surface area contributed by atoms with Crippen molar-refractivity contribution in [2.75, 3.05) is 16.8 Å². The minimum absolute atomic E-state index is 0.215. The van der Waals surface area contributed by atoms with Gasteiger partial charge < -0.3 is 0 Å². The first-order chi connectivity index (χ1) is 5.35. The van der Waals surface area contributed by atoms with Crippen molar-refractivity contribution in [1.82, 2.24) is 0 Å². The molecule has 0 aliphatic carbocycles. The molecule has 0 N–H and O–H groups in total. The lowest BCUT2D eigenvalue weighted by Gasteiger charge is -2.02. The summed E-state index contributed by atoms with van der Waals surface area (Å²) in [6.45, 7) is 2.16. The summed E-state index contributed by atoms with van der Waals surface area (Å²) in [6.07, 6.45) is 2.21. The van der Waals surface area contributed by atoms with E-state index < -0.39 is 0 Å². The Morgan fingerprint density at radius 3 is 2.82 bits per heavy atom. The molecule has 1 unspecified atom stereocenters. The summed E-state index contributed by atoms with van der Waals surface area (Å²) in [5, 5.41) is 9.42. The fourth-order valence-electron chi connectivity index (χ4n) is 0.752. The summed E-state index contributed by atoms with van der Waals surface area (Å²) in [5.74, 6) is 2.60. The molecule has 0 aromatic heterocycles. The van der Waals surface area contributed by atoms with Crippen LogP contribution in [-0.2, 0) is 0 Å². The summed E-state index contributed by atoms with van der Waals surface area (Å²) < 4.78 is 0. The van der Waals surface area contributed by atoms with Crippen LogP contribution in [0.2, 0.25) is 0 Å². The van der Waals surface area contributed by atoms with Crippen LogP contribution in [0.1, 0.15) is 19.8 Å². The van der Waals surface area contributed by atoms with E-state index in [1.807, 2.05) is 11.8 Å². The van der Waals surface area contributed by atoms with Crippen LogP contribution in [0, 0.1) is 17.2 Å². The fraction of sp³-hybridized carbons (Fsp3) is 0.875. The maximum absolute atomic E-state index is 8.60. The van der Waals surface area contributed by atoms with Gasteiger partial charge in [0, 0.05) is 5.33 Å². The molecule has 64 valence electrons. The Balaban J connectivity index is 3.16. The van der Waals surface area contributed by atoms with Crippen molar-refractivity contribution < 1.29 is 0 Å². The molecule has 1 atom stereocenters. The molecule has 0 saturated carbocycles. The summed E-state index contributed by atoms with van der Waals surface area (Å²) in [6, 6.07) is 2.27. The zero-order chi connectivity index (χ0) is 8.53. The molecule has 0 amide bonds. The molecule has 0 aromatic carbocycles. The number of hydrogen-bond acceptors (Lipinski definition) is 2. The van der Waals surface area contributed by atoms with E-state index in [-0.39, 0.29) is 5.92 Å². The quantitative estimate of drug-likeness (QED) is 0.522. The van der Waals surface area contributed by atoms with E-state index in [2.05, 4.69) is 28.9 Å². The summed E-state index contributed by atoms with van der Waals surface area (Å²) in [5.41, 5.74) is 0. The van der Waals surface area contributed by atoms with Gasteiger partial charge in [-0.3, -0.25) is 0 Å². The first-order valence-electron chi connectivity index (χ1n) is 3.88. The van der Waals surface area contributed by atoms with Crippen LogP contribution in [0.15, 0.2) is 0 Å². The summed E-state index contributed by atoms with van der Waals surface area (Å²) in [7, 11) is 0. The first kappa shape index (κ1) is 11.3. The average molecular weight is 236 g/mol. The Morgan fingerprint density at radius 2 is 2.36 bits per heavy atom. The third-order valence-corrected chi connectivity index (χ3v) is 3.18. The van der Waals surface area contributed by atoms with Gasteiger partial charge in [-0.1, -0.05) is 22.9 Å². The van der Waals surface area contributed by atoms with Crippen LogP contribution in [-0.4, -0.2) is 16.8 Å². The molecule has 0 bridgehead atoms. The van der Waals surface area contributed by atoms with Gasteiger partial charge in [-0.25, -0.2) is 0 Å². The van der Waals surface area contributed by atoms with Gasteiger partial charge in [-0.05, 0) is 24.3 Å².